The first-order chi connectivity index (χ1) is 6.95. The Labute approximate surface area is 93.1 Å². The number of hydrogen-bond acceptors (Lipinski definition) is 0. The second kappa shape index (κ2) is 3.23. The van der Waals surface area contributed by atoms with Gasteiger partial charge in [-0.15, -0.1) is 0 Å². The maximum absolute atomic E-state index is 2.37. The van der Waals surface area contributed by atoms with Crippen molar-refractivity contribution < 1.29 is 0 Å². The summed E-state index contributed by atoms with van der Waals surface area (Å²) in [5, 5.41) is 0. The zero-order chi connectivity index (χ0) is 11.3. The Morgan fingerprint density at radius 3 is 1.93 bits per heavy atom. The van der Waals surface area contributed by atoms with Crippen molar-refractivity contribution in [2.24, 2.45) is 5.92 Å². The molecule has 0 nitrogen and oxygen atoms in total. The fourth-order valence-electron chi connectivity index (χ4n) is 2.78. The molecule has 0 heterocycles. The molecule has 2 rings (SSSR count). The zero-order valence-corrected chi connectivity index (χ0v) is 10.7. The van der Waals surface area contributed by atoms with Crippen molar-refractivity contribution in [3.05, 3.63) is 45.1 Å². The minimum absolute atomic E-state index is 0.577. The van der Waals surface area contributed by atoms with Crippen LogP contribution < -0.4 is 0 Å². The molecule has 0 amide bonds. The quantitative estimate of drug-likeness (QED) is 0.537. The molecule has 0 N–H and O–H groups in total. The SMILES string of the molecule is CC1=C(C)C2C(=C1)C(C)=C(C)C(C)=C2C. The fraction of sp³-hybridized carbons (Fsp3) is 0.467. The van der Waals surface area contributed by atoms with E-state index in [0.29, 0.717) is 5.92 Å². The highest BCUT2D eigenvalue weighted by molar-refractivity contribution is 5.61. The monoisotopic (exact) mass is 200 g/mol. The van der Waals surface area contributed by atoms with Crippen LogP contribution in [0.1, 0.15) is 41.5 Å². The van der Waals surface area contributed by atoms with E-state index in [2.05, 4.69) is 47.6 Å². The van der Waals surface area contributed by atoms with E-state index in [-0.39, 0.29) is 0 Å². The van der Waals surface area contributed by atoms with Gasteiger partial charge in [-0.3, -0.25) is 0 Å². The van der Waals surface area contributed by atoms with Crippen molar-refractivity contribution in [2.75, 3.05) is 0 Å². The molecule has 0 saturated carbocycles. The molecule has 2 aliphatic rings. The normalized spacial score (nSPS) is 26.3. The molecule has 15 heavy (non-hydrogen) atoms. The van der Waals surface area contributed by atoms with Crippen molar-refractivity contribution >= 4 is 0 Å². The van der Waals surface area contributed by atoms with E-state index in [1.165, 1.54) is 33.4 Å². The third-order valence-corrected chi connectivity index (χ3v) is 4.32. The van der Waals surface area contributed by atoms with Crippen molar-refractivity contribution in [1.29, 1.82) is 0 Å². The molecular weight excluding hydrogens is 180 g/mol. The van der Waals surface area contributed by atoms with E-state index in [4.69, 9.17) is 0 Å². The lowest BCUT2D eigenvalue weighted by molar-refractivity contribution is 0.815. The Morgan fingerprint density at radius 1 is 0.733 bits per heavy atom. The Hall–Kier alpha value is -1.04. The molecule has 0 bridgehead atoms. The first kappa shape index (κ1) is 10.5. The van der Waals surface area contributed by atoms with Gasteiger partial charge in [-0.25, -0.2) is 0 Å². The summed E-state index contributed by atoms with van der Waals surface area (Å²) in [7, 11) is 0. The molecule has 2 aliphatic carbocycles. The van der Waals surface area contributed by atoms with Gasteiger partial charge in [-0.2, -0.15) is 0 Å². The van der Waals surface area contributed by atoms with E-state index in [1.807, 2.05) is 0 Å². The van der Waals surface area contributed by atoms with Crippen molar-refractivity contribution in [2.45, 2.75) is 41.5 Å². The van der Waals surface area contributed by atoms with Crippen LogP contribution in [0.4, 0.5) is 0 Å². The Kier molecular flexibility index (Phi) is 2.26. The minimum Gasteiger partial charge on any atom is -0.0588 e. The summed E-state index contributed by atoms with van der Waals surface area (Å²) in [5.74, 6) is 0.577. The largest absolute Gasteiger partial charge is 0.0588 e. The van der Waals surface area contributed by atoms with Gasteiger partial charge < -0.3 is 0 Å². The fourth-order valence-corrected chi connectivity index (χ4v) is 2.78. The standard InChI is InChI=1S/C15H20/c1-8-7-14-12(5)10(3)11(4)13(6)15(14)9(8)2/h7,15H,1-6H3. The number of hydrogen-bond donors (Lipinski definition) is 0. The molecule has 0 fully saturated rings. The molecule has 0 aromatic rings. The molecule has 0 saturated heterocycles. The van der Waals surface area contributed by atoms with Crippen LogP contribution in [0.5, 0.6) is 0 Å². The van der Waals surface area contributed by atoms with Crippen LogP contribution in [0.25, 0.3) is 0 Å². The Balaban J connectivity index is 2.65. The third-order valence-electron chi connectivity index (χ3n) is 4.32. The molecule has 0 heteroatoms. The summed E-state index contributed by atoms with van der Waals surface area (Å²) in [6.07, 6.45) is 2.37. The summed E-state index contributed by atoms with van der Waals surface area (Å²) in [5.41, 5.74) is 10.5. The molecule has 0 spiro atoms. The van der Waals surface area contributed by atoms with Gasteiger partial charge >= 0.3 is 0 Å². The zero-order valence-electron chi connectivity index (χ0n) is 10.7. The number of allylic oxidation sites excluding steroid dienone is 8. The maximum atomic E-state index is 2.37. The summed E-state index contributed by atoms with van der Waals surface area (Å²) < 4.78 is 0. The highest BCUT2D eigenvalue weighted by Crippen LogP contribution is 2.46. The average Bonchev–Trinajstić information content (AvgIpc) is 2.50. The molecule has 0 aromatic heterocycles. The summed E-state index contributed by atoms with van der Waals surface area (Å²) in [6.45, 7) is 13.5. The van der Waals surface area contributed by atoms with E-state index in [1.54, 1.807) is 5.57 Å². The summed E-state index contributed by atoms with van der Waals surface area (Å²) in [4.78, 5) is 0. The summed E-state index contributed by atoms with van der Waals surface area (Å²) in [6, 6.07) is 0. The minimum atomic E-state index is 0.577. The van der Waals surface area contributed by atoms with Crippen molar-refractivity contribution in [1.82, 2.24) is 0 Å². The van der Waals surface area contributed by atoms with Gasteiger partial charge in [0.1, 0.15) is 0 Å². The topological polar surface area (TPSA) is 0 Å². The predicted octanol–water partition coefficient (Wildman–Crippen LogP) is 4.57. The smallest absolute Gasteiger partial charge is 0.0266 e. The van der Waals surface area contributed by atoms with Crippen LogP contribution in [-0.2, 0) is 0 Å². The van der Waals surface area contributed by atoms with E-state index in [0.717, 1.165) is 0 Å². The molecule has 0 radical (unpaired) electrons. The lowest BCUT2D eigenvalue weighted by Crippen LogP contribution is -2.13. The number of rotatable bonds is 0. The maximum Gasteiger partial charge on any atom is 0.0266 e. The third kappa shape index (κ3) is 1.27. The average molecular weight is 200 g/mol. The van der Waals surface area contributed by atoms with Gasteiger partial charge in [0.05, 0.1) is 0 Å². The second-order valence-electron chi connectivity index (χ2n) is 4.96. The number of fused-ring (bicyclic) bond motifs is 1. The molecule has 1 unspecified atom stereocenters. The van der Waals surface area contributed by atoms with Gasteiger partial charge in [0.25, 0.3) is 0 Å². The Bertz CT molecular complexity index is 448. The van der Waals surface area contributed by atoms with Crippen LogP contribution in [0.3, 0.4) is 0 Å². The summed E-state index contributed by atoms with van der Waals surface area (Å²) >= 11 is 0. The van der Waals surface area contributed by atoms with Crippen molar-refractivity contribution in [3.8, 4) is 0 Å². The highest BCUT2D eigenvalue weighted by atomic mass is 14.3. The van der Waals surface area contributed by atoms with E-state index < -0.39 is 0 Å². The van der Waals surface area contributed by atoms with Gasteiger partial charge in [-0.05, 0) is 63.8 Å². The lowest BCUT2D eigenvalue weighted by Gasteiger charge is -2.28. The van der Waals surface area contributed by atoms with Crippen LogP contribution >= 0.6 is 0 Å². The van der Waals surface area contributed by atoms with Gasteiger partial charge in [0.2, 0.25) is 0 Å². The van der Waals surface area contributed by atoms with E-state index >= 15 is 0 Å². The molecule has 80 valence electrons. The second-order valence-corrected chi connectivity index (χ2v) is 4.96. The van der Waals surface area contributed by atoms with Gasteiger partial charge in [0, 0.05) is 5.92 Å². The van der Waals surface area contributed by atoms with E-state index in [9.17, 15) is 0 Å². The molecule has 0 aliphatic heterocycles. The van der Waals surface area contributed by atoms with Gasteiger partial charge in [0.15, 0.2) is 0 Å². The molecule has 1 atom stereocenters. The molecule has 0 aromatic carbocycles. The van der Waals surface area contributed by atoms with Crippen LogP contribution in [0, 0.1) is 5.92 Å². The Morgan fingerprint density at radius 2 is 1.33 bits per heavy atom. The van der Waals surface area contributed by atoms with Crippen LogP contribution in [0.15, 0.2) is 45.1 Å². The lowest BCUT2D eigenvalue weighted by atomic mass is 9.76. The first-order valence-electron chi connectivity index (χ1n) is 5.69. The first-order valence-corrected chi connectivity index (χ1v) is 5.69. The van der Waals surface area contributed by atoms with Gasteiger partial charge in [-0.1, -0.05) is 22.8 Å². The van der Waals surface area contributed by atoms with Crippen LogP contribution in [-0.4, -0.2) is 0 Å². The van der Waals surface area contributed by atoms with Crippen molar-refractivity contribution in [3.63, 3.8) is 0 Å². The molecular formula is C15H20. The predicted molar refractivity (Wildman–Crippen MR) is 66.7 cm³/mol. The highest BCUT2D eigenvalue weighted by Gasteiger charge is 2.30. The van der Waals surface area contributed by atoms with Crippen LogP contribution in [0.2, 0.25) is 0 Å².